The number of halogens is 1. The van der Waals surface area contributed by atoms with E-state index < -0.39 is 0 Å². The van der Waals surface area contributed by atoms with E-state index in [0.29, 0.717) is 19.0 Å². The van der Waals surface area contributed by atoms with Crippen LogP contribution in [0.4, 0.5) is 0 Å². The first-order chi connectivity index (χ1) is 12.1. The lowest BCUT2D eigenvalue weighted by atomic mass is 10.0. The molecule has 1 amide bonds. The molecule has 2 aromatic rings. The van der Waals surface area contributed by atoms with Gasteiger partial charge in [-0.25, -0.2) is 4.98 Å². The molecule has 1 unspecified atom stereocenters. The van der Waals surface area contributed by atoms with Crippen LogP contribution in [0.5, 0.6) is 5.75 Å². The van der Waals surface area contributed by atoms with Crippen LogP contribution in [0, 0.1) is 0 Å². The van der Waals surface area contributed by atoms with E-state index in [2.05, 4.69) is 24.1 Å². The van der Waals surface area contributed by atoms with E-state index >= 15 is 0 Å². The Morgan fingerprint density at radius 1 is 1.35 bits per heavy atom. The van der Waals surface area contributed by atoms with Crippen LogP contribution in [0.25, 0.3) is 0 Å². The summed E-state index contributed by atoms with van der Waals surface area (Å²) >= 11 is 0. The molecule has 1 saturated heterocycles. The normalized spacial score (nSPS) is 17.1. The molecular weight excluding hydrogens is 352 g/mol. The number of carbonyl (C=O) groups is 1. The second-order valence-corrected chi connectivity index (χ2v) is 6.72. The van der Waals surface area contributed by atoms with Crippen molar-refractivity contribution in [1.82, 2.24) is 19.8 Å². The standard InChI is InChI=1S/C19H26N4O2.ClH/c1-14(2)15-4-6-16(7-5-15)25-13-18(24)23-11-8-20-12-17(23)19-21-9-10-22(19)3;/h4-7,9-10,14,17,20H,8,11-13H2,1-3H3;1H. The van der Waals surface area contributed by atoms with Gasteiger partial charge in [-0.15, -0.1) is 12.4 Å². The zero-order valence-electron chi connectivity index (χ0n) is 15.5. The van der Waals surface area contributed by atoms with Crippen LogP contribution in [0.2, 0.25) is 0 Å². The number of benzene rings is 1. The Labute approximate surface area is 161 Å². The van der Waals surface area contributed by atoms with Gasteiger partial charge in [-0.05, 0) is 23.6 Å². The maximum Gasteiger partial charge on any atom is 0.261 e. The molecule has 3 rings (SSSR count). The molecule has 6 nitrogen and oxygen atoms in total. The summed E-state index contributed by atoms with van der Waals surface area (Å²) in [5.74, 6) is 2.08. The Hall–Kier alpha value is -2.05. The van der Waals surface area contributed by atoms with Gasteiger partial charge in [0.15, 0.2) is 6.61 Å². The smallest absolute Gasteiger partial charge is 0.261 e. The molecule has 26 heavy (non-hydrogen) atoms. The summed E-state index contributed by atoms with van der Waals surface area (Å²) in [6.45, 7) is 6.51. The summed E-state index contributed by atoms with van der Waals surface area (Å²) in [6, 6.07) is 7.89. The van der Waals surface area contributed by atoms with Crippen LogP contribution in [0.15, 0.2) is 36.7 Å². The van der Waals surface area contributed by atoms with Crippen molar-refractivity contribution in [1.29, 1.82) is 0 Å². The lowest BCUT2D eigenvalue weighted by Crippen LogP contribution is -2.50. The van der Waals surface area contributed by atoms with Gasteiger partial charge in [0, 0.05) is 39.1 Å². The third kappa shape index (κ3) is 4.56. The van der Waals surface area contributed by atoms with Crippen LogP contribution in [-0.2, 0) is 11.8 Å². The highest BCUT2D eigenvalue weighted by Crippen LogP contribution is 2.22. The van der Waals surface area contributed by atoms with Crippen LogP contribution in [-0.4, -0.2) is 46.6 Å². The van der Waals surface area contributed by atoms with Gasteiger partial charge in [-0.1, -0.05) is 26.0 Å². The van der Waals surface area contributed by atoms with Crippen molar-refractivity contribution >= 4 is 18.3 Å². The molecule has 0 bridgehead atoms. The number of rotatable bonds is 5. The number of piperazine rings is 1. The van der Waals surface area contributed by atoms with Crippen molar-refractivity contribution in [3.05, 3.63) is 48.0 Å². The largest absolute Gasteiger partial charge is 0.484 e. The molecular formula is C19H27ClN4O2. The molecule has 0 saturated carbocycles. The van der Waals surface area contributed by atoms with E-state index in [1.54, 1.807) is 6.20 Å². The number of hydrogen-bond donors (Lipinski definition) is 1. The van der Waals surface area contributed by atoms with Crippen LogP contribution in [0.3, 0.4) is 0 Å². The van der Waals surface area contributed by atoms with Crippen molar-refractivity contribution in [3.8, 4) is 5.75 Å². The monoisotopic (exact) mass is 378 g/mol. The Morgan fingerprint density at radius 2 is 2.08 bits per heavy atom. The quantitative estimate of drug-likeness (QED) is 0.868. The molecule has 0 spiro atoms. The van der Waals surface area contributed by atoms with Gasteiger partial charge in [0.05, 0.1) is 0 Å². The summed E-state index contributed by atoms with van der Waals surface area (Å²) < 4.78 is 7.67. The average Bonchev–Trinajstić information content (AvgIpc) is 3.06. The minimum absolute atomic E-state index is 0. The molecule has 1 atom stereocenters. The summed E-state index contributed by atoms with van der Waals surface area (Å²) in [7, 11) is 1.95. The molecule has 7 heteroatoms. The maximum absolute atomic E-state index is 12.7. The Morgan fingerprint density at radius 3 is 2.69 bits per heavy atom. The minimum Gasteiger partial charge on any atom is -0.484 e. The van der Waals surface area contributed by atoms with E-state index in [0.717, 1.165) is 18.1 Å². The Balaban J connectivity index is 0.00000243. The zero-order valence-corrected chi connectivity index (χ0v) is 16.3. The van der Waals surface area contributed by atoms with Gasteiger partial charge in [-0.3, -0.25) is 4.79 Å². The second-order valence-electron chi connectivity index (χ2n) is 6.72. The highest BCUT2D eigenvalue weighted by Gasteiger charge is 2.30. The van der Waals surface area contributed by atoms with Gasteiger partial charge < -0.3 is 19.5 Å². The number of amides is 1. The summed E-state index contributed by atoms with van der Waals surface area (Å²) in [5.41, 5.74) is 1.26. The summed E-state index contributed by atoms with van der Waals surface area (Å²) in [4.78, 5) is 19.0. The topological polar surface area (TPSA) is 59.4 Å². The van der Waals surface area contributed by atoms with Gasteiger partial charge in [0.2, 0.25) is 0 Å². The highest BCUT2D eigenvalue weighted by molar-refractivity contribution is 5.85. The number of ether oxygens (including phenoxy) is 1. The summed E-state index contributed by atoms with van der Waals surface area (Å²) in [6.07, 6.45) is 3.67. The third-order valence-corrected chi connectivity index (χ3v) is 4.63. The number of carbonyl (C=O) groups excluding carboxylic acids is 1. The third-order valence-electron chi connectivity index (χ3n) is 4.63. The number of imidazole rings is 1. The van der Waals surface area contributed by atoms with Crippen LogP contribution >= 0.6 is 12.4 Å². The van der Waals surface area contributed by atoms with Crippen molar-refractivity contribution in [2.75, 3.05) is 26.2 Å². The average molecular weight is 379 g/mol. The molecule has 1 aliphatic rings. The molecule has 142 valence electrons. The fourth-order valence-corrected chi connectivity index (χ4v) is 3.11. The number of hydrogen-bond acceptors (Lipinski definition) is 4. The molecule has 0 radical (unpaired) electrons. The van der Waals surface area contributed by atoms with Crippen LogP contribution < -0.4 is 10.1 Å². The number of aryl methyl sites for hydroxylation is 1. The fourth-order valence-electron chi connectivity index (χ4n) is 3.11. The van der Waals surface area contributed by atoms with Gasteiger partial charge in [0.25, 0.3) is 5.91 Å². The predicted molar refractivity (Wildman–Crippen MR) is 104 cm³/mol. The molecule has 1 aliphatic heterocycles. The van der Waals surface area contributed by atoms with Gasteiger partial charge in [-0.2, -0.15) is 0 Å². The van der Waals surface area contributed by atoms with E-state index in [4.69, 9.17) is 4.74 Å². The molecule has 1 aromatic heterocycles. The predicted octanol–water partition coefficient (Wildman–Crippen LogP) is 2.52. The maximum atomic E-state index is 12.7. The molecule has 0 aliphatic carbocycles. The van der Waals surface area contributed by atoms with Crippen molar-refractivity contribution in [2.24, 2.45) is 7.05 Å². The fraction of sp³-hybridized carbons (Fsp3) is 0.474. The number of aromatic nitrogens is 2. The minimum atomic E-state index is -0.0619. The van der Waals surface area contributed by atoms with Crippen molar-refractivity contribution < 1.29 is 9.53 Å². The van der Waals surface area contributed by atoms with Gasteiger partial charge in [0.1, 0.15) is 17.6 Å². The van der Waals surface area contributed by atoms with Crippen molar-refractivity contribution in [3.63, 3.8) is 0 Å². The van der Waals surface area contributed by atoms with Crippen molar-refractivity contribution in [2.45, 2.75) is 25.8 Å². The molecule has 1 N–H and O–H groups in total. The first kappa shape index (κ1) is 20.3. The first-order valence-corrected chi connectivity index (χ1v) is 8.76. The van der Waals surface area contributed by atoms with Crippen LogP contribution in [0.1, 0.15) is 37.2 Å². The van der Waals surface area contributed by atoms with E-state index in [9.17, 15) is 4.79 Å². The second kappa shape index (κ2) is 9.05. The zero-order chi connectivity index (χ0) is 17.8. The summed E-state index contributed by atoms with van der Waals surface area (Å²) in [5, 5.41) is 3.34. The SMILES string of the molecule is CC(C)c1ccc(OCC(=O)N2CCNCC2c2nccn2C)cc1.Cl. The lowest BCUT2D eigenvalue weighted by molar-refractivity contribution is -0.137. The highest BCUT2D eigenvalue weighted by atomic mass is 35.5. The van der Waals surface area contributed by atoms with E-state index in [-0.39, 0.29) is 31.0 Å². The van der Waals surface area contributed by atoms with E-state index in [1.165, 1.54) is 5.56 Å². The van der Waals surface area contributed by atoms with E-state index in [1.807, 2.05) is 47.0 Å². The molecule has 1 aromatic carbocycles. The Bertz CT molecular complexity index is 715. The molecule has 2 heterocycles. The number of nitrogens with one attached hydrogen (secondary N) is 1. The van der Waals surface area contributed by atoms with Gasteiger partial charge >= 0.3 is 0 Å². The number of nitrogens with zero attached hydrogens (tertiary/aromatic N) is 3. The first-order valence-electron chi connectivity index (χ1n) is 8.76. The molecule has 1 fully saturated rings. The lowest BCUT2D eigenvalue weighted by Gasteiger charge is -2.35. The Kier molecular flexibility index (Phi) is 7.06.